The average molecular weight is 488 g/mol. The van der Waals surface area contributed by atoms with Crippen molar-refractivity contribution in [3.05, 3.63) is 107 Å². The molecule has 0 bridgehead atoms. The van der Waals surface area contributed by atoms with Gasteiger partial charge in [-0.05, 0) is 52.1 Å². The summed E-state index contributed by atoms with van der Waals surface area (Å²) in [5.74, 6) is -1.60. The molecule has 176 valence electrons. The highest BCUT2D eigenvalue weighted by Crippen LogP contribution is 2.44. The Balaban J connectivity index is 1.24. The normalized spacial score (nSPS) is 13.1. The van der Waals surface area contributed by atoms with Gasteiger partial charge in [0.15, 0.2) is 0 Å². The van der Waals surface area contributed by atoms with E-state index in [0.29, 0.717) is 0 Å². The number of hydrogen-bond donors (Lipinski definition) is 2. The van der Waals surface area contributed by atoms with Crippen molar-refractivity contribution in [1.82, 2.24) is 5.32 Å². The lowest BCUT2D eigenvalue weighted by atomic mass is 9.98. The van der Waals surface area contributed by atoms with Crippen LogP contribution in [0.1, 0.15) is 21.9 Å². The number of fused-ring (bicyclic) bond motifs is 3. The number of carbonyl (C=O) groups excluding carboxylic acids is 1. The van der Waals surface area contributed by atoms with Crippen molar-refractivity contribution in [3.63, 3.8) is 0 Å². The number of alkyl carbamates (subject to hydrolysis) is 1. The van der Waals surface area contributed by atoms with Gasteiger partial charge in [-0.1, -0.05) is 60.7 Å². The number of hydrogen-bond acceptors (Lipinski definition) is 4. The smallest absolute Gasteiger partial charge is 0.407 e. The van der Waals surface area contributed by atoms with Crippen LogP contribution in [0.25, 0.3) is 21.6 Å². The van der Waals surface area contributed by atoms with E-state index in [9.17, 15) is 19.1 Å². The Morgan fingerprint density at radius 2 is 1.63 bits per heavy atom. The van der Waals surface area contributed by atoms with E-state index < -0.39 is 18.1 Å². The fourth-order valence-electron chi connectivity index (χ4n) is 4.47. The maximum atomic E-state index is 13.5. The zero-order valence-electron chi connectivity index (χ0n) is 18.6. The molecule has 7 heteroatoms. The van der Waals surface area contributed by atoms with Crippen molar-refractivity contribution in [2.24, 2.45) is 0 Å². The van der Waals surface area contributed by atoms with E-state index in [0.717, 1.165) is 37.6 Å². The number of amides is 1. The van der Waals surface area contributed by atoms with Gasteiger partial charge in [-0.2, -0.15) is 0 Å². The third-order valence-corrected chi connectivity index (χ3v) is 7.27. The van der Waals surface area contributed by atoms with Gasteiger partial charge in [-0.25, -0.2) is 14.0 Å². The third-order valence-electron chi connectivity index (χ3n) is 6.11. The van der Waals surface area contributed by atoms with Crippen molar-refractivity contribution in [3.8, 4) is 21.6 Å². The minimum absolute atomic E-state index is 0.0967. The maximum absolute atomic E-state index is 13.5. The van der Waals surface area contributed by atoms with Gasteiger partial charge >= 0.3 is 12.1 Å². The molecule has 0 spiro atoms. The van der Waals surface area contributed by atoms with Crippen molar-refractivity contribution in [2.75, 3.05) is 6.61 Å². The SMILES string of the molecule is O=C(NC(Cc1ccc(-c2cccc(F)c2)s1)C(=O)O)OCC1c2ccccc2-c2ccccc21. The molecule has 1 atom stereocenters. The molecule has 2 N–H and O–H groups in total. The van der Waals surface area contributed by atoms with Crippen LogP contribution in [-0.2, 0) is 16.0 Å². The van der Waals surface area contributed by atoms with Crippen LogP contribution < -0.4 is 5.32 Å². The molecule has 1 heterocycles. The van der Waals surface area contributed by atoms with Gasteiger partial charge in [0.25, 0.3) is 0 Å². The highest BCUT2D eigenvalue weighted by Gasteiger charge is 2.30. The number of carboxylic acid groups (broad SMARTS) is 1. The van der Waals surface area contributed by atoms with Crippen LogP contribution in [0.5, 0.6) is 0 Å². The Bertz CT molecular complexity index is 1350. The van der Waals surface area contributed by atoms with Crippen molar-refractivity contribution < 1.29 is 23.8 Å². The fourth-order valence-corrected chi connectivity index (χ4v) is 5.52. The molecular weight excluding hydrogens is 465 g/mol. The minimum atomic E-state index is -1.15. The van der Waals surface area contributed by atoms with Crippen molar-refractivity contribution >= 4 is 23.4 Å². The molecule has 0 saturated heterocycles. The molecule has 1 aromatic heterocycles. The number of nitrogens with one attached hydrogen (secondary N) is 1. The minimum Gasteiger partial charge on any atom is -0.480 e. The van der Waals surface area contributed by atoms with Crippen LogP contribution in [-0.4, -0.2) is 29.8 Å². The van der Waals surface area contributed by atoms with Crippen LogP contribution in [0.2, 0.25) is 0 Å². The summed E-state index contributed by atoms with van der Waals surface area (Å²) in [5.41, 5.74) is 5.12. The van der Waals surface area contributed by atoms with Crippen LogP contribution in [0.3, 0.4) is 0 Å². The predicted octanol–water partition coefficient (Wildman–Crippen LogP) is 6.09. The summed E-state index contributed by atoms with van der Waals surface area (Å²) in [4.78, 5) is 26.0. The second kappa shape index (κ2) is 9.72. The first-order valence-electron chi connectivity index (χ1n) is 11.2. The molecule has 0 aliphatic heterocycles. The molecule has 4 aromatic rings. The summed E-state index contributed by atoms with van der Waals surface area (Å²) in [6, 6.07) is 24.7. The number of carbonyl (C=O) groups is 2. The second-order valence-electron chi connectivity index (χ2n) is 8.34. The molecule has 0 radical (unpaired) electrons. The van der Waals surface area contributed by atoms with Gasteiger partial charge in [0.1, 0.15) is 18.5 Å². The Morgan fingerprint density at radius 1 is 0.943 bits per heavy atom. The standard InChI is InChI=1S/C28H22FNO4S/c29-18-7-5-6-17(14-18)26-13-12-19(35-26)15-25(27(31)32)30-28(33)34-16-24-22-10-3-1-8-20(22)21-9-2-4-11-23(21)24/h1-14,24-25H,15-16H2,(H,30,33)(H,31,32). The first-order valence-corrected chi connectivity index (χ1v) is 12.0. The van der Waals surface area contributed by atoms with Gasteiger partial charge in [0.2, 0.25) is 0 Å². The zero-order chi connectivity index (χ0) is 24.4. The quantitative estimate of drug-likeness (QED) is 0.331. The molecule has 1 amide bonds. The largest absolute Gasteiger partial charge is 0.480 e. The molecule has 1 unspecified atom stereocenters. The summed E-state index contributed by atoms with van der Waals surface area (Å²) >= 11 is 1.36. The Morgan fingerprint density at radius 3 is 2.29 bits per heavy atom. The summed E-state index contributed by atoms with van der Waals surface area (Å²) < 4.78 is 19.0. The molecule has 5 nitrogen and oxygen atoms in total. The van der Waals surface area contributed by atoms with E-state index in [4.69, 9.17) is 4.74 Å². The van der Waals surface area contributed by atoms with E-state index in [1.807, 2.05) is 54.6 Å². The van der Waals surface area contributed by atoms with Crippen LogP contribution in [0, 0.1) is 5.82 Å². The summed E-state index contributed by atoms with van der Waals surface area (Å²) in [6.07, 6.45) is -0.680. The average Bonchev–Trinajstić information content (AvgIpc) is 3.45. The Kier molecular flexibility index (Phi) is 6.33. The summed E-state index contributed by atoms with van der Waals surface area (Å²) in [5, 5.41) is 12.1. The highest BCUT2D eigenvalue weighted by molar-refractivity contribution is 7.15. The number of thiophene rings is 1. The lowest BCUT2D eigenvalue weighted by Gasteiger charge is -2.17. The van der Waals surface area contributed by atoms with Crippen molar-refractivity contribution in [1.29, 1.82) is 0 Å². The molecule has 0 saturated carbocycles. The number of benzene rings is 3. The van der Waals surface area contributed by atoms with Gasteiger partial charge in [-0.15, -0.1) is 11.3 Å². The first kappa shape index (κ1) is 22.8. The zero-order valence-corrected chi connectivity index (χ0v) is 19.4. The predicted molar refractivity (Wildman–Crippen MR) is 133 cm³/mol. The van der Waals surface area contributed by atoms with E-state index in [2.05, 4.69) is 5.32 Å². The molecule has 3 aromatic carbocycles. The van der Waals surface area contributed by atoms with Gasteiger partial charge in [0.05, 0.1) is 0 Å². The van der Waals surface area contributed by atoms with E-state index in [-0.39, 0.29) is 24.8 Å². The Hall–Kier alpha value is -3.97. The molecular formula is C28H22FNO4S. The second-order valence-corrected chi connectivity index (χ2v) is 9.51. The summed E-state index contributed by atoms with van der Waals surface area (Å²) in [7, 11) is 0. The van der Waals surface area contributed by atoms with Gasteiger partial charge < -0.3 is 15.2 Å². The summed E-state index contributed by atoms with van der Waals surface area (Å²) in [6.45, 7) is 0.106. The number of rotatable bonds is 7. The van der Waals surface area contributed by atoms with Crippen LogP contribution in [0.4, 0.5) is 9.18 Å². The first-order chi connectivity index (χ1) is 17.0. The van der Waals surface area contributed by atoms with E-state index in [1.165, 1.54) is 23.5 Å². The monoisotopic (exact) mass is 487 g/mol. The van der Waals surface area contributed by atoms with E-state index >= 15 is 0 Å². The number of aliphatic carboxylic acids is 1. The van der Waals surface area contributed by atoms with Crippen LogP contribution in [0.15, 0.2) is 84.9 Å². The third kappa shape index (κ3) is 4.81. The number of halogens is 1. The number of carboxylic acids is 1. The number of ether oxygens (including phenoxy) is 1. The molecule has 0 fully saturated rings. The lowest BCUT2D eigenvalue weighted by molar-refractivity contribution is -0.139. The van der Waals surface area contributed by atoms with Gasteiger partial charge in [0, 0.05) is 22.1 Å². The van der Waals surface area contributed by atoms with Crippen LogP contribution >= 0.6 is 11.3 Å². The molecule has 1 aliphatic carbocycles. The van der Waals surface area contributed by atoms with E-state index in [1.54, 1.807) is 18.2 Å². The molecule has 5 rings (SSSR count). The lowest BCUT2D eigenvalue weighted by Crippen LogP contribution is -2.42. The maximum Gasteiger partial charge on any atom is 0.407 e. The topological polar surface area (TPSA) is 75.6 Å². The Labute approximate surface area is 205 Å². The fraction of sp³-hybridized carbons (Fsp3) is 0.143. The van der Waals surface area contributed by atoms with Crippen molar-refractivity contribution in [2.45, 2.75) is 18.4 Å². The van der Waals surface area contributed by atoms with Gasteiger partial charge in [-0.3, -0.25) is 0 Å². The molecule has 1 aliphatic rings. The molecule has 35 heavy (non-hydrogen) atoms. The highest BCUT2D eigenvalue weighted by atomic mass is 32.1.